The molecule has 2 aromatic rings. The molecule has 0 spiro atoms. The Morgan fingerprint density at radius 3 is 2.45 bits per heavy atom. The van der Waals surface area contributed by atoms with E-state index in [4.69, 9.17) is 9.44 Å². The number of nitriles is 1. The van der Waals surface area contributed by atoms with E-state index in [0.29, 0.717) is 13.0 Å². The summed E-state index contributed by atoms with van der Waals surface area (Å²) in [7, 11) is 0. The smallest absolute Gasteiger partial charge is 0.0697 e. The van der Waals surface area contributed by atoms with Crippen molar-refractivity contribution < 1.29 is 4.18 Å². The van der Waals surface area contributed by atoms with E-state index in [9.17, 15) is 0 Å². The highest BCUT2D eigenvalue weighted by Crippen LogP contribution is 2.25. The molecule has 0 aromatic heterocycles. The average Bonchev–Trinajstić information content (AvgIpc) is 2.49. The summed E-state index contributed by atoms with van der Waals surface area (Å²) in [5, 5.41) is 8.93. The van der Waals surface area contributed by atoms with Crippen LogP contribution in [0.5, 0.6) is 0 Å². The highest BCUT2D eigenvalue weighted by Gasteiger charge is 2.11. The fourth-order valence-electron chi connectivity index (χ4n) is 1.89. The molecule has 0 aliphatic heterocycles. The van der Waals surface area contributed by atoms with Crippen molar-refractivity contribution in [3.63, 3.8) is 0 Å². The van der Waals surface area contributed by atoms with Crippen molar-refractivity contribution in [2.45, 2.75) is 24.2 Å². The maximum Gasteiger partial charge on any atom is 0.0697 e. The van der Waals surface area contributed by atoms with Gasteiger partial charge >= 0.3 is 0 Å². The van der Waals surface area contributed by atoms with Crippen LogP contribution in [0.3, 0.4) is 0 Å². The van der Waals surface area contributed by atoms with Gasteiger partial charge in [0.2, 0.25) is 0 Å². The Bertz CT molecular complexity index is 560. The summed E-state index contributed by atoms with van der Waals surface area (Å²) in [4.78, 5) is 1.08. The van der Waals surface area contributed by atoms with Gasteiger partial charge in [-0.3, -0.25) is 0 Å². The van der Waals surface area contributed by atoms with Crippen molar-refractivity contribution in [1.29, 1.82) is 5.26 Å². The Balaban J connectivity index is 1.90. The highest BCUT2D eigenvalue weighted by molar-refractivity contribution is 7.94. The lowest BCUT2D eigenvalue weighted by atomic mass is 9.97. The van der Waals surface area contributed by atoms with Crippen LogP contribution >= 0.6 is 12.0 Å². The fourth-order valence-corrected chi connectivity index (χ4v) is 2.50. The average molecular weight is 283 g/mol. The SMILES string of the molecule is Cc1ccc(SOCC(CC#N)c2ccccc2)cc1. The van der Waals surface area contributed by atoms with E-state index in [-0.39, 0.29) is 5.92 Å². The predicted molar refractivity (Wildman–Crippen MR) is 82.4 cm³/mol. The Morgan fingerprint density at radius 2 is 1.80 bits per heavy atom. The molecular weight excluding hydrogens is 266 g/mol. The van der Waals surface area contributed by atoms with E-state index in [2.05, 4.69) is 25.1 Å². The number of hydrogen-bond acceptors (Lipinski definition) is 3. The lowest BCUT2D eigenvalue weighted by molar-refractivity contribution is 0.337. The van der Waals surface area contributed by atoms with Gasteiger partial charge in [-0.2, -0.15) is 5.26 Å². The van der Waals surface area contributed by atoms with Gasteiger partial charge in [0, 0.05) is 29.3 Å². The summed E-state index contributed by atoms with van der Waals surface area (Å²) < 4.78 is 5.69. The van der Waals surface area contributed by atoms with Crippen LogP contribution in [-0.2, 0) is 4.18 Å². The lowest BCUT2D eigenvalue weighted by Crippen LogP contribution is -2.04. The van der Waals surface area contributed by atoms with E-state index < -0.39 is 0 Å². The summed E-state index contributed by atoms with van der Waals surface area (Å²) >= 11 is 1.37. The van der Waals surface area contributed by atoms with Crippen molar-refractivity contribution in [3.05, 3.63) is 65.7 Å². The monoisotopic (exact) mass is 283 g/mol. The normalized spacial score (nSPS) is 11.8. The van der Waals surface area contributed by atoms with Crippen LogP contribution in [0.2, 0.25) is 0 Å². The first-order valence-electron chi connectivity index (χ1n) is 6.57. The zero-order valence-electron chi connectivity index (χ0n) is 11.5. The third kappa shape index (κ3) is 4.41. The minimum Gasteiger partial charge on any atom is -0.310 e. The second kappa shape index (κ2) is 7.74. The molecule has 0 amide bonds. The van der Waals surface area contributed by atoms with E-state index >= 15 is 0 Å². The van der Waals surface area contributed by atoms with Crippen molar-refractivity contribution in [3.8, 4) is 6.07 Å². The van der Waals surface area contributed by atoms with E-state index in [1.165, 1.54) is 17.6 Å². The van der Waals surface area contributed by atoms with Gasteiger partial charge in [-0.15, -0.1) is 0 Å². The van der Waals surface area contributed by atoms with E-state index in [0.717, 1.165) is 10.5 Å². The van der Waals surface area contributed by atoms with Gasteiger partial charge in [0.25, 0.3) is 0 Å². The quantitative estimate of drug-likeness (QED) is 0.719. The third-order valence-electron chi connectivity index (χ3n) is 3.05. The standard InChI is InChI=1S/C17H17NOS/c1-14-7-9-17(10-8-14)20-19-13-16(11-12-18)15-5-3-2-4-6-15/h2-10,16H,11,13H2,1H3. The third-order valence-corrected chi connectivity index (χ3v) is 3.77. The Kier molecular flexibility index (Phi) is 5.67. The summed E-state index contributed by atoms with van der Waals surface area (Å²) in [5.41, 5.74) is 2.39. The molecule has 0 aliphatic rings. The molecule has 1 atom stereocenters. The zero-order valence-corrected chi connectivity index (χ0v) is 12.3. The van der Waals surface area contributed by atoms with Crippen LogP contribution < -0.4 is 0 Å². The molecule has 0 heterocycles. The van der Waals surface area contributed by atoms with Crippen molar-refractivity contribution in [2.24, 2.45) is 0 Å². The molecule has 0 saturated carbocycles. The summed E-state index contributed by atoms with van der Waals surface area (Å²) in [6.07, 6.45) is 0.471. The molecule has 1 unspecified atom stereocenters. The van der Waals surface area contributed by atoms with Crippen LogP contribution in [0.4, 0.5) is 0 Å². The molecule has 20 heavy (non-hydrogen) atoms. The van der Waals surface area contributed by atoms with E-state index in [1.807, 2.05) is 42.5 Å². The fraction of sp³-hybridized carbons (Fsp3) is 0.235. The molecule has 2 rings (SSSR count). The van der Waals surface area contributed by atoms with E-state index in [1.54, 1.807) is 0 Å². The second-order valence-corrected chi connectivity index (χ2v) is 5.52. The number of aryl methyl sites for hydroxylation is 1. The molecule has 0 saturated heterocycles. The van der Waals surface area contributed by atoms with Gasteiger partial charge < -0.3 is 4.18 Å². The van der Waals surface area contributed by atoms with Gasteiger partial charge in [-0.05, 0) is 24.6 Å². The molecule has 0 N–H and O–H groups in total. The molecule has 0 fully saturated rings. The Hall–Kier alpha value is -1.76. The summed E-state index contributed by atoms with van der Waals surface area (Å²) in [6.45, 7) is 2.60. The van der Waals surface area contributed by atoms with Crippen LogP contribution in [0.1, 0.15) is 23.5 Å². The number of benzene rings is 2. The molecule has 2 nitrogen and oxygen atoms in total. The summed E-state index contributed by atoms with van der Waals surface area (Å²) in [6, 6.07) is 20.5. The van der Waals surface area contributed by atoms with Gasteiger partial charge in [-0.1, -0.05) is 48.0 Å². The van der Waals surface area contributed by atoms with Crippen molar-refractivity contribution in [1.82, 2.24) is 0 Å². The van der Waals surface area contributed by atoms with Gasteiger partial charge in [0.15, 0.2) is 0 Å². The number of hydrogen-bond donors (Lipinski definition) is 0. The molecule has 3 heteroatoms. The molecule has 2 aromatic carbocycles. The van der Waals surface area contributed by atoms with Gasteiger partial charge in [-0.25, -0.2) is 0 Å². The molecular formula is C17H17NOS. The van der Waals surface area contributed by atoms with Crippen LogP contribution in [0.25, 0.3) is 0 Å². The molecule has 0 aliphatic carbocycles. The molecule has 0 radical (unpaired) electrons. The zero-order chi connectivity index (χ0) is 14.2. The highest BCUT2D eigenvalue weighted by atomic mass is 32.2. The first-order chi connectivity index (χ1) is 9.79. The minimum atomic E-state index is 0.124. The maximum atomic E-state index is 8.93. The van der Waals surface area contributed by atoms with Crippen molar-refractivity contribution >= 4 is 12.0 Å². The van der Waals surface area contributed by atoms with Crippen LogP contribution in [0.15, 0.2) is 59.5 Å². The van der Waals surface area contributed by atoms with Crippen LogP contribution in [0, 0.1) is 18.3 Å². The first-order valence-corrected chi connectivity index (χ1v) is 7.32. The summed E-state index contributed by atoms with van der Waals surface area (Å²) in [5.74, 6) is 0.124. The largest absolute Gasteiger partial charge is 0.310 e. The predicted octanol–water partition coefficient (Wildman–Crippen LogP) is 4.72. The lowest BCUT2D eigenvalue weighted by Gasteiger charge is -2.13. The molecule has 0 bridgehead atoms. The Labute approximate surface area is 124 Å². The minimum absolute atomic E-state index is 0.124. The second-order valence-electron chi connectivity index (χ2n) is 4.65. The number of nitrogens with zero attached hydrogens (tertiary/aromatic N) is 1. The molecule has 102 valence electrons. The first kappa shape index (κ1) is 14.6. The number of rotatable bonds is 6. The van der Waals surface area contributed by atoms with Crippen LogP contribution in [-0.4, -0.2) is 6.61 Å². The maximum absolute atomic E-state index is 8.93. The Morgan fingerprint density at radius 1 is 1.10 bits per heavy atom. The van der Waals surface area contributed by atoms with Gasteiger partial charge in [0.1, 0.15) is 0 Å². The van der Waals surface area contributed by atoms with Crippen molar-refractivity contribution in [2.75, 3.05) is 6.61 Å². The topological polar surface area (TPSA) is 33.0 Å². The van der Waals surface area contributed by atoms with Gasteiger partial charge in [0.05, 0.1) is 12.7 Å².